The number of nitrogens with zero attached hydrogens (tertiary/aromatic N) is 3. The number of carbonyl (C=O) groups is 2. The van der Waals surface area contributed by atoms with Crippen molar-refractivity contribution in [2.45, 2.75) is 51.0 Å². The van der Waals surface area contributed by atoms with Crippen LogP contribution in [0.4, 0.5) is 4.79 Å². The van der Waals surface area contributed by atoms with Gasteiger partial charge in [-0.25, -0.2) is 4.79 Å². The first-order chi connectivity index (χ1) is 15.9. The van der Waals surface area contributed by atoms with Crippen LogP contribution in [0.15, 0.2) is 18.2 Å². The van der Waals surface area contributed by atoms with Crippen molar-refractivity contribution in [3.63, 3.8) is 0 Å². The molecule has 0 bridgehead atoms. The second kappa shape index (κ2) is 9.25. The summed E-state index contributed by atoms with van der Waals surface area (Å²) in [6.45, 7) is 6.25. The lowest BCUT2D eigenvalue weighted by Gasteiger charge is -2.50. The number of methoxy groups -OCH3 is 1. The maximum atomic E-state index is 13.2. The van der Waals surface area contributed by atoms with Crippen LogP contribution in [0.2, 0.25) is 0 Å². The molecule has 0 unspecified atom stereocenters. The fraction of sp³-hybridized carbons (Fsp3) is 0.600. The van der Waals surface area contributed by atoms with Gasteiger partial charge in [0.25, 0.3) is 0 Å². The van der Waals surface area contributed by atoms with Gasteiger partial charge in [-0.05, 0) is 37.0 Å². The molecule has 1 aromatic carbocycles. The molecule has 2 aliphatic heterocycles. The van der Waals surface area contributed by atoms with Crippen molar-refractivity contribution in [2.24, 2.45) is 7.05 Å². The molecule has 1 saturated heterocycles. The third-order valence-corrected chi connectivity index (χ3v) is 7.48. The van der Waals surface area contributed by atoms with Gasteiger partial charge in [0.1, 0.15) is 5.75 Å². The van der Waals surface area contributed by atoms with Crippen LogP contribution in [-0.2, 0) is 17.3 Å². The number of aryl methyl sites for hydroxylation is 1. The minimum absolute atomic E-state index is 0.143. The van der Waals surface area contributed by atoms with Crippen LogP contribution in [0.25, 0.3) is 10.9 Å². The van der Waals surface area contributed by atoms with Gasteiger partial charge in [0, 0.05) is 62.2 Å². The van der Waals surface area contributed by atoms with Gasteiger partial charge in [0.15, 0.2) is 0 Å². The van der Waals surface area contributed by atoms with E-state index < -0.39 is 6.04 Å². The quantitative estimate of drug-likeness (QED) is 0.724. The molecule has 8 heteroatoms. The number of aromatic nitrogens is 1. The van der Waals surface area contributed by atoms with E-state index in [0.717, 1.165) is 41.6 Å². The molecule has 8 nitrogen and oxygen atoms in total. The number of fused-ring (bicyclic) bond motifs is 4. The minimum atomic E-state index is -0.429. The highest BCUT2D eigenvalue weighted by atomic mass is 16.5. The van der Waals surface area contributed by atoms with Gasteiger partial charge in [-0.2, -0.15) is 0 Å². The van der Waals surface area contributed by atoms with Gasteiger partial charge < -0.3 is 29.5 Å². The van der Waals surface area contributed by atoms with Gasteiger partial charge in [-0.3, -0.25) is 4.79 Å². The molecule has 4 rings (SSSR count). The fourth-order valence-corrected chi connectivity index (χ4v) is 5.72. The number of hydrogen-bond acceptors (Lipinski definition) is 4. The van der Waals surface area contributed by atoms with Crippen LogP contribution in [0.5, 0.6) is 5.75 Å². The molecule has 1 aromatic heterocycles. The molecular weight excluding hydrogens is 420 g/mol. The van der Waals surface area contributed by atoms with E-state index in [-0.39, 0.29) is 24.0 Å². The van der Waals surface area contributed by atoms with E-state index in [0.29, 0.717) is 32.6 Å². The molecule has 2 aromatic rings. The maximum Gasteiger partial charge on any atom is 0.318 e. The summed E-state index contributed by atoms with van der Waals surface area (Å²) in [6, 6.07) is 5.52. The Morgan fingerprint density at radius 3 is 2.58 bits per heavy atom. The molecule has 33 heavy (non-hydrogen) atoms. The van der Waals surface area contributed by atoms with E-state index in [1.807, 2.05) is 42.8 Å². The van der Waals surface area contributed by atoms with Crippen LogP contribution >= 0.6 is 0 Å². The van der Waals surface area contributed by atoms with Crippen molar-refractivity contribution in [1.82, 2.24) is 19.7 Å². The van der Waals surface area contributed by atoms with Crippen molar-refractivity contribution in [3.05, 3.63) is 29.5 Å². The summed E-state index contributed by atoms with van der Waals surface area (Å²) < 4.78 is 7.58. The molecule has 0 aliphatic carbocycles. The van der Waals surface area contributed by atoms with Crippen LogP contribution in [-0.4, -0.2) is 71.3 Å². The second-order valence-corrected chi connectivity index (χ2v) is 9.28. The third-order valence-electron chi connectivity index (χ3n) is 7.48. The number of aliphatic hydroxyl groups is 1. The predicted molar refractivity (Wildman–Crippen MR) is 127 cm³/mol. The van der Waals surface area contributed by atoms with Crippen LogP contribution in [0.1, 0.15) is 56.8 Å². The number of urea groups is 1. The molecule has 3 amide bonds. The molecule has 0 radical (unpaired) electrons. The summed E-state index contributed by atoms with van der Waals surface area (Å²) in [4.78, 5) is 29.3. The summed E-state index contributed by atoms with van der Waals surface area (Å²) in [5, 5.41) is 14.6. The number of carbonyl (C=O) groups excluding carboxylic acids is 2. The van der Waals surface area contributed by atoms with Gasteiger partial charge in [0.2, 0.25) is 5.91 Å². The molecule has 3 heterocycles. The Kier molecular flexibility index (Phi) is 6.56. The summed E-state index contributed by atoms with van der Waals surface area (Å²) in [5.41, 5.74) is 2.95. The average Bonchev–Trinajstić information content (AvgIpc) is 3.15. The first kappa shape index (κ1) is 23.4. The smallest absolute Gasteiger partial charge is 0.318 e. The summed E-state index contributed by atoms with van der Waals surface area (Å²) in [6.07, 6.45) is 2.92. The Balaban J connectivity index is 1.86. The van der Waals surface area contributed by atoms with E-state index >= 15 is 0 Å². The van der Waals surface area contributed by atoms with Crippen LogP contribution < -0.4 is 10.1 Å². The Labute approximate surface area is 195 Å². The number of ether oxygens (including phenoxy) is 1. The Morgan fingerprint density at radius 1 is 1.24 bits per heavy atom. The lowest BCUT2D eigenvalue weighted by Crippen LogP contribution is -2.57. The lowest BCUT2D eigenvalue weighted by atomic mass is 9.68. The number of piperidine rings is 1. The normalized spacial score (nSPS) is 19.6. The number of aliphatic hydroxyl groups excluding tert-OH is 1. The zero-order valence-electron chi connectivity index (χ0n) is 20.2. The first-order valence-corrected chi connectivity index (χ1v) is 12.0. The van der Waals surface area contributed by atoms with Crippen molar-refractivity contribution in [2.75, 3.05) is 39.9 Å². The molecule has 1 spiro atoms. The number of likely N-dealkylation sites (tertiary alicyclic amines) is 1. The van der Waals surface area contributed by atoms with Gasteiger partial charge in [0.05, 0.1) is 25.3 Å². The van der Waals surface area contributed by atoms with Gasteiger partial charge in [-0.1, -0.05) is 13.8 Å². The van der Waals surface area contributed by atoms with Crippen LogP contribution in [0, 0.1) is 0 Å². The molecule has 1 atom stereocenters. The fourth-order valence-electron chi connectivity index (χ4n) is 5.72. The third kappa shape index (κ3) is 3.84. The van der Waals surface area contributed by atoms with Crippen molar-refractivity contribution in [1.29, 1.82) is 0 Å². The van der Waals surface area contributed by atoms with Crippen molar-refractivity contribution >= 4 is 22.8 Å². The molecule has 2 aliphatic rings. The minimum Gasteiger partial charge on any atom is -0.497 e. The largest absolute Gasteiger partial charge is 0.497 e. The van der Waals surface area contributed by atoms with Crippen LogP contribution in [0.3, 0.4) is 0 Å². The number of amides is 3. The van der Waals surface area contributed by atoms with Gasteiger partial charge >= 0.3 is 6.03 Å². The average molecular weight is 457 g/mol. The lowest BCUT2D eigenvalue weighted by molar-refractivity contribution is -0.132. The standard InChI is InChI=1S/C25H36N4O4/c1-5-11-26-24(32)29-16-25(9-12-28(13-10-25)21(31)6-2)22-18-8-7-17(33-4)14-19(18)27(3)23(22)20(29)15-30/h7-8,14,20,30H,5-6,9-13,15-16H2,1-4H3,(H,26,32)/t20-/m1/s1. The molecule has 1 fully saturated rings. The first-order valence-electron chi connectivity index (χ1n) is 12.0. The Bertz CT molecular complexity index is 1040. The summed E-state index contributed by atoms with van der Waals surface area (Å²) in [5.74, 6) is 0.949. The number of rotatable bonds is 5. The summed E-state index contributed by atoms with van der Waals surface area (Å²) in [7, 11) is 3.66. The molecule has 0 saturated carbocycles. The molecule has 180 valence electrons. The number of nitrogens with one attached hydrogen (secondary N) is 1. The van der Waals surface area contributed by atoms with E-state index in [9.17, 15) is 14.7 Å². The van der Waals surface area contributed by atoms with Gasteiger partial charge in [-0.15, -0.1) is 0 Å². The molecule has 2 N–H and O–H groups in total. The highest BCUT2D eigenvalue weighted by Crippen LogP contribution is 2.50. The second-order valence-electron chi connectivity index (χ2n) is 9.28. The van der Waals surface area contributed by atoms with E-state index in [4.69, 9.17) is 4.74 Å². The molecular formula is C25H36N4O4. The highest BCUT2D eigenvalue weighted by molar-refractivity contribution is 5.89. The van der Waals surface area contributed by atoms with E-state index in [1.165, 1.54) is 5.56 Å². The topological polar surface area (TPSA) is 87.0 Å². The van der Waals surface area contributed by atoms with E-state index in [1.54, 1.807) is 7.11 Å². The Hall–Kier alpha value is -2.74. The number of benzene rings is 1. The maximum absolute atomic E-state index is 13.2. The van der Waals surface area contributed by atoms with Crippen molar-refractivity contribution in [3.8, 4) is 5.75 Å². The Morgan fingerprint density at radius 2 is 1.97 bits per heavy atom. The zero-order chi connectivity index (χ0) is 23.8. The number of hydrogen-bond donors (Lipinski definition) is 2. The van der Waals surface area contributed by atoms with E-state index in [2.05, 4.69) is 16.0 Å². The SMILES string of the molecule is CCCNC(=O)N1CC2(CCN(C(=O)CC)CC2)c2c(n(C)c3cc(OC)ccc23)[C@H]1CO. The predicted octanol–water partition coefficient (Wildman–Crippen LogP) is 2.93. The van der Waals surface area contributed by atoms with Crippen molar-refractivity contribution < 1.29 is 19.4 Å². The monoisotopic (exact) mass is 456 g/mol. The summed E-state index contributed by atoms with van der Waals surface area (Å²) >= 11 is 0. The highest BCUT2D eigenvalue weighted by Gasteiger charge is 2.49. The zero-order valence-corrected chi connectivity index (χ0v) is 20.2.